The molecule has 0 bridgehead atoms. The minimum absolute atomic E-state index is 0. The van der Waals surface area contributed by atoms with Gasteiger partial charge < -0.3 is 25.5 Å². The fourth-order valence-electron chi connectivity index (χ4n) is 6.14. The lowest BCUT2D eigenvalue weighted by Gasteiger charge is -2.39. The second kappa shape index (κ2) is 16.7. The van der Waals surface area contributed by atoms with Crippen LogP contribution < -0.4 is 10.6 Å². The number of hydrogen-bond acceptors (Lipinski definition) is 4. The second-order valence-electron chi connectivity index (χ2n) is 10.6. The summed E-state index contributed by atoms with van der Waals surface area (Å²) >= 11 is 0. The van der Waals surface area contributed by atoms with Crippen molar-refractivity contribution in [2.45, 2.75) is 63.6 Å². The first-order valence-electron chi connectivity index (χ1n) is 13.8. The Balaban J connectivity index is 0.00000267. The molecule has 0 spiro atoms. The Hall–Kier alpha value is -2.32. The number of nitrogens with one attached hydrogen (secondary N) is 2. The molecule has 7 nitrogen and oxygen atoms in total. The number of aliphatic carboxylic acids is 1. The highest BCUT2D eigenvalue weighted by molar-refractivity contribution is 5.85. The van der Waals surface area contributed by atoms with Crippen LogP contribution in [0, 0.1) is 5.92 Å². The zero-order valence-corrected chi connectivity index (χ0v) is 24.5. The fourth-order valence-corrected chi connectivity index (χ4v) is 6.14. The SMILES string of the molecule is CCCN(C(=O)NCc1ccccc1)C1CCN(CC2CC(NCC(=O)O)CC2c2ccccc2)CC1.Cl.Cl. The van der Waals surface area contributed by atoms with Gasteiger partial charge in [0.1, 0.15) is 0 Å². The average molecular weight is 580 g/mol. The van der Waals surface area contributed by atoms with Gasteiger partial charge in [0.05, 0.1) is 6.54 Å². The molecular weight excluding hydrogens is 535 g/mol. The molecule has 4 rings (SSSR count). The Labute approximate surface area is 245 Å². The Kier molecular flexibility index (Phi) is 14.1. The molecule has 2 fully saturated rings. The lowest BCUT2D eigenvalue weighted by atomic mass is 9.88. The van der Waals surface area contributed by atoms with Gasteiger partial charge in [-0.2, -0.15) is 0 Å². The van der Waals surface area contributed by atoms with Gasteiger partial charge in [0, 0.05) is 44.8 Å². The number of amides is 2. The zero-order valence-electron chi connectivity index (χ0n) is 22.8. The fraction of sp³-hybridized carbons (Fsp3) is 0.533. The van der Waals surface area contributed by atoms with Gasteiger partial charge in [-0.3, -0.25) is 4.79 Å². The summed E-state index contributed by atoms with van der Waals surface area (Å²) in [5, 5.41) is 15.5. The standard InChI is InChI=1S/C30H42N4O3.2ClH/c1-2-15-34(30(37)32-20-23-9-5-3-6-10-23)27-13-16-33(17-14-27)22-25-18-26(31-21-29(35)36)19-28(25)24-11-7-4-8-12-24;;/h3-12,25-28,31H,2,13-22H2,1H3,(H,32,37)(H,35,36);2*1H. The molecule has 9 heteroatoms. The maximum atomic E-state index is 13.1. The van der Waals surface area contributed by atoms with Gasteiger partial charge in [0.25, 0.3) is 0 Å². The summed E-state index contributed by atoms with van der Waals surface area (Å²) in [4.78, 5) is 28.8. The minimum Gasteiger partial charge on any atom is -0.480 e. The van der Waals surface area contributed by atoms with E-state index in [1.54, 1.807) is 0 Å². The summed E-state index contributed by atoms with van der Waals surface area (Å²) in [6, 6.07) is 21.3. The smallest absolute Gasteiger partial charge is 0.317 e. The van der Waals surface area contributed by atoms with Gasteiger partial charge in [0.2, 0.25) is 0 Å². The van der Waals surface area contributed by atoms with Crippen LogP contribution in [0.4, 0.5) is 4.79 Å². The van der Waals surface area contributed by atoms with E-state index < -0.39 is 5.97 Å². The molecule has 1 saturated heterocycles. The summed E-state index contributed by atoms with van der Waals surface area (Å²) in [5.74, 6) is 0.128. The zero-order chi connectivity index (χ0) is 26.0. The molecule has 39 heavy (non-hydrogen) atoms. The molecule has 216 valence electrons. The van der Waals surface area contributed by atoms with Gasteiger partial charge in [-0.25, -0.2) is 4.79 Å². The number of hydrogen-bond donors (Lipinski definition) is 3. The molecule has 3 N–H and O–H groups in total. The van der Waals surface area contributed by atoms with E-state index in [1.165, 1.54) is 5.56 Å². The Bertz CT molecular complexity index is 990. The summed E-state index contributed by atoms with van der Waals surface area (Å²) in [5.41, 5.74) is 2.47. The van der Waals surface area contributed by atoms with Crippen LogP contribution in [0.25, 0.3) is 0 Å². The lowest BCUT2D eigenvalue weighted by Crippen LogP contribution is -2.51. The molecule has 2 aromatic carbocycles. The summed E-state index contributed by atoms with van der Waals surface area (Å²) in [6.45, 7) is 6.48. The van der Waals surface area contributed by atoms with Crippen LogP contribution in [0.3, 0.4) is 0 Å². The van der Waals surface area contributed by atoms with Crippen LogP contribution in [0.2, 0.25) is 0 Å². The molecule has 1 aliphatic heterocycles. The van der Waals surface area contributed by atoms with E-state index in [4.69, 9.17) is 5.11 Å². The number of benzene rings is 2. The topological polar surface area (TPSA) is 84.9 Å². The quantitative estimate of drug-likeness (QED) is 0.343. The van der Waals surface area contributed by atoms with E-state index in [0.717, 1.165) is 63.8 Å². The van der Waals surface area contributed by atoms with Crippen LogP contribution >= 0.6 is 24.8 Å². The van der Waals surface area contributed by atoms with Crippen molar-refractivity contribution in [3.05, 3.63) is 71.8 Å². The molecule has 3 unspecified atom stereocenters. The molecule has 0 radical (unpaired) electrons. The van der Waals surface area contributed by atoms with Crippen molar-refractivity contribution in [2.75, 3.05) is 32.7 Å². The van der Waals surface area contributed by atoms with Crippen LogP contribution in [0.15, 0.2) is 60.7 Å². The maximum absolute atomic E-state index is 13.1. The van der Waals surface area contributed by atoms with Crippen LogP contribution in [0.1, 0.15) is 56.1 Å². The molecule has 2 aromatic rings. The third-order valence-corrected chi connectivity index (χ3v) is 7.97. The molecule has 1 saturated carbocycles. The molecule has 3 atom stereocenters. The van der Waals surface area contributed by atoms with Gasteiger partial charge in [-0.05, 0) is 55.1 Å². The number of piperidine rings is 1. The van der Waals surface area contributed by atoms with E-state index in [1.807, 2.05) is 30.3 Å². The minimum atomic E-state index is -0.800. The van der Waals surface area contributed by atoms with Crippen molar-refractivity contribution >= 4 is 36.8 Å². The summed E-state index contributed by atoms with van der Waals surface area (Å²) < 4.78 is 0. The molecule has 2 amide bonds. The van der Waals surface area contributed by atoms with Crippen LogP contribution in [0.5, 0.6) is 0 Å². The van der Waals surface area contributed by atoms with Crippen molar-refractivity contribution in [3.63, 3.8) is 0 Å². The van der Waals surface area contributed by atoms with Crippen molar-refractivity contribution in [3.8, 4) is 0 Å². The first kappa shape index (κ1) is 32.9. The van der Waals surface area contributed by atoms with E-state index in [2.05, 4.69) is 57.7 Å². The Morgan fingerprint density at radius 3 is 2.23 bits per heavy atom. The van der Waals surface area contributed by atoms with Gasteiger partial charge >= 0.3 is 12.0 Å². The normalized spacial score (nSPS) is 21.4. The number of carbonyl (C=O) groups excluding carboxylic acids is 1. The maximum Gasteiger partial charge on any atom is 0.317 e. The molecule has 1 aliphatic carbocycles. The second-order valence-corrected chi connectivity index (χ2v) is 10.6. The summed E-state index contributed by atoms with van der Waals surface area (Å²) in [7, 11) is 0. The van der Waals surface area contributed by atoms with Gasteiger partial charge in [-0.15, -0.1) is 24.8 Å². The van der Waals surface area contributed by atoms with Gasteiger partial charge in [-0.1, -0.05) is 67.6 Å². The molecule has 2 aliphatic rings. The number of carbonyl (C=O) groups is 2. The van der Waals surface area contributed by atoms with Gasteiger partial charge in [0.15, 0.2) is 0 Å². The number of likely N-dealkylation sites (tertiary alicyclic amines) is 1. The predicted molar refractivity (Wildman–Crippen MR) is 161 cm³/mol. The number of carboxylic acids is 1. The van der Waals surface area contributed by atoms with Crippen LogP contribution in [-0.4, -0.2) is 71.7 Å². The monoisotopic (exact) mass is 578 g/mol. The van der Waals surface area contributed by atoms with E-state index in [-0.39, 0.29) is 49.5 Å². The van der Waals surface area contributed by atoms with Crippen molar-refractivity contribution < 1.29 is 14.7 Å². The van der Waals surface area contributed by atoms with E-state index in [0.29, 0.717) is 18.4 Å². The van der Waals surface area contributed by atoms with E-state index >= 15 is 0 Å². The third kappa shape index (κ3) is 9.67. The average Bonchev–Trinajstić information content (AvgIpc) is 3.33. The van der Waals surface area contributed by atoms with E-state index in [9.17, 15) is 9.59 Å². The molecule has 0 aromatic heterocycles. The van der Waals surface area contributed by atoms with Crippen molar-refractivity contribution in [2.24, 2.45) is 5.92 Å². The highest BCUT2D eigenvalue weighted by Crippen LogP contribution is 2.40. The number of nitrogens with zero attached hydrogens (tertiary/aromatic N) is 2. The number of rotatable bonds is 11. The van der Waals surface area contributed by atoms with Crippen molar-refractivity contribution in [1.82, 2.24) is 20.4 Å². The number of halogens is 2. The van der Waals surface area contributed by atoms with Crippen molar-refractivity contribution in [1.29, 1.82) is 0 Å². The molecule has 1 heterocycles. The first-order valence-corrected chi connectivity index (χ1v) is 13.8. The highest BCUT2D eigenvalue weighted by Gasteiger charge is 2.37. The predicted octanol–water partition coefficient (Wildman–Crippen LogP) is 5.15. The first-order chi connectivity index (χ1) is 18.0. The number of urea groups is 1. The number of carboxylic acid groups (broad SMARTS) is 1. The summed E-state index contributed by atoms with van der Waals surface area (Å²) in [6.07, 6.45) is 4.90. The largest absolute Gasteiger partial charge is 0.480 e. The Morgan fingerprint density at radius 1 is 0.974 bits per heavy atom. The van der Waals surface area contributed by atoms with Crippen LogP contribution in [-0.2, 0) is 11.3 Å². The third-order valence-electron chi connectivity index (χ3n) is 7.97. The molecular formula is C30H44Cl2N4O3. The Morgan fingerprint density at radius 2 is 1.62 bits per heavy atom. The highest BCUT2D eigenvalue weighted by atomic mass is 35.5. The lowest BCUT2D eigenvalue weighted by molar-refractivity contribution is -0.136.